The molecule has 2 aliphatic rings. The predicted octanol–water partition coefficient (Wildman–Crippen LogP) is 2.70. The maximum atomic E-state index is 14.1. The van der Waals surface area contributed by atoms with E-state index < -0.39 is 17.4 Å². The number of pyridine rings is 1. The van der Waals surface area contributed by atoms with Gasteiger partial charge in [0.25, 0.3) is 5.91 Å². The van der Waals surface area contributed by atoms with Crippen LogP contribution in [0, 0.1) is 5.82 Å². The van der Waals surface area contributed by atoms with Gasteiger partial charge in [0.15, 0.2) is 5.76 Å². The van der Waals surface area contributed by atoms with Gasteiger partial charge in [0.2, 0.25) is 5.78 Å². The van der Waals surface area contributed by atoms with Gasteiger partial charge in [-0.1, -0.05) is 11.6 Å². The number of aromatic nitrogens is 3. The summed E-state index contributed by atoms with van der Waals surface area (Å²) < 4.78 is 15.5. The molecule has 1 fully saturated rings. The van der Waals surface area contributed by atoms with Gasteiger partial charge >= 0.3 is 0 Å². The second-order valence-corrected chi connectivity index (χ2v) is 8.30. The molecule has 33 heavy (non-hydrogen) atoms. The molecule has 2 bridgehead atoms. The number of aliphatic hydroxyl groups is 1. The number of aliphatic hydroxyl groups excluding tert-OH is 1. The van der Waals surface area contributed by atoms with Crippen molar-refractivity contribution in [3.63, 3.8) is 0 Å². The minimum absolute atomic E-state index is 0.0231. The monoisotopic (exact) mass is 474 g/mol. The highest BCUT2D eigenvalue weighted by Gasteiger charge is 2.32. The van der Waals surface area contributed by atoms with Gasteiger partial charge in [-0.25, -0.2) is 9.82 Å². The molecule has 4 rings (SSSR count). The molecular weight excluding hydrogens is 451 g/mol. The van der Waals surface area contributed by atoms with E-state index in [1.807, 2.05) is 6.92 Å². The largest absolute Gasteiger partial charge is 0.504 e. The first kappa shape index (κ1) is 22.9. The zero-order valence-electron chi connectivity index (χ0n) is 18.0. The Bertz CT molecular complexity index is 1140. The Kier molecular flexibility index (Phi) is 6.75. The molecule has 9 nitrogen and oxygen atoms in total. The van der Waals surface area contributed by atoms with Gasteiger partial charge in [-0.15, -0.1) is 0 Å². The Morgan fingerprint density at radius 2 is 2.12 bits per heavy atom. The molecule has 4 heterocycles. The number of hydrogen-bond acceptors (Lipinski definition) is 7. The van der Waals surface area contributed by atoms with Crippen LogP contribution in [-0.4, -0.2) is 49.2 Å². The van der Waals surface area contributed by atoms with Crippen molar-refractivity contribution in [3.05, 3.63) is 64.3 Å². The number of amides is 1. The lowest BCUT2D eigenvalue weighted by molar-refractivity contribution is -0.131. The van der Waals surface area contributed by atoms with Gasteiger partial charge < -0.3 is 15.4 Å². The highest BCUT2D eigenvalue weighted by Crippen LogP contribution is 2.26. The Morgan fingerprint density at radius 3 is 2.88 bits per heavy atom. The third-order valence-electron chi connectivity index (χ3n) is 5.74. The van der Waals surface area contributed by atoms with Crippen molar-refractivity contribution in [1.29, 1.82) is 0 Å². The summed E-state index contributed by atoms with van der Waals surface area (Å²) in [6.07, 6.45) is 8.04. The maximum Gasteiger partial charge on any atom is 0.254 e. The summed E-state index contributed by atoms with van der Waals surface area (Å²) in [5.41, 5.74) is 6.76. The number of Topliss-reactive ketones (excluding diaryl/α,β-unsaturated/α-hetero) is 1. The average molecular weight is 475 g/mol. The number of halogens is 2. The van der Waals surface area contributed by atoms with E-state index in [0.29, 0.717) is 24.9 Å². The van der Waals surface area contributed by atoms with Crippen molar-refractivity contribution in [3.8, 4) is 0 Å². The van der Waals surface area contributed by atoms with Gasteiger partial charge in [-0.3, -0.25) is 19.3 Å². The van der Waals surface area contributed by atoms with E-state index in [4.69, 9.17) is 11.6 Å². The van der Waals surface area contributed by atoms with Crippen LogP contribution in [-0.2, 0) is 16.1 Å². The van der Waals surface area contributed by atoms with E-state index >= 15 is 0 Å². The highest BCUT2D eigenvalue weighted by atomic mass is 35.5. The van der Waals surface area contributed by atoms with Crippen LogP contribution in [0.15, 0.2) is 42.2 Å². The first-order valence-electron chi connectivity index (χ1n) is 10.7. The number of likely N-dealkylation sites (N-methyl/N-ethyl adjacent to an activating group) is 1. The van der Waals surface area contributed by atoms with Gasteiger partial charge in [0.1, 0.15) is 5.82 Å². The van der Waals surface area contributed by atoms with Crippen LogP contribution in [0.25, 0.3) is 5.57 Å². The van der Waals surface area contributed by atoms with E-state index in [1.54, 1.807) is 11.1 Å². The first-order valence-corrected chi connectivity index (χ1v) is 11.1. The summed E-state index contributed by atoms with van der Waals surface area (Å²) in [5.74, 6) is -2.18. The summed E-state index contributed by atoms with van der Waals surface area (Å²) >= 11 is 5.75. The lowest BCUT2D eigenvalue weighted by atomic mass is 9.95. The van der Waals surface area contributed by atoms with Crippen LogP contribution in [0.5, 0.6) is 0 Å². The van der Waals surface area contributed by atoms with Gasteiger partial charge in [-0.05, 0) is 38.7 Å². The quantitative estimate of drug-likeness (QED) is 0.624. The molecule has 1 saturated heterocycles. The number of nitrogens with one attached hydrogen (secondary N) is 2. The van der Waals surface area contributed by atoms with Gasteiger partial charge in [-0.2, -0.15) is 5.10 Å². The fraction of sp³-hybridized carbons (Fsp3) is 0.364. The molecule has 0 spiro atoms. The highest BCUT2D eigenvalue weighted by molar-refractivity contribution is 6.30. The SMILES string of the molecule is CCN1C(=O)/C2=C(\O)C(=O)/C(c3cnn(Cc4ncc(Cl)cc4F)c3)=C\NNC1CCCC2. The molecular formula is C22H24ClFN6O3. The second-order valence-electron chi connectivity index (χ2n) is 7.86. The number of carbonyl (C=O) groups excluding carboxylic acids is 2. The number of rotatable bonds is 4. The topological polar surface area (TPSA) is 112 Å². The van der Waals surface area contributed by atoms with E-state index in [9.17, 15) is 19.1 Å². The third-order valence-corrected chi connectivity index (χ3v) is 5.95. The van der Waals surface area contributed by atoms with E-state index in [1.165, 1.54) is 29.3 Å². The lowest BCUT2D eigenvalue weighted by Crippen LogP contribution is -2.53. The second kappa shape index (κ2) is 9.72. The normalized spacial score (nSPS) is 23.5. The summed E-state index contributed by atoms with van der Waals surface area (Å²) in [7, 11) is 0. The van der Waals surface area contributed by atoms with Crippen molar-refractivity contribution in [1.82, 2.24) is 30.5 Å². The van der Waals surface area contributed by atoms with Gasteiger partial charge in [0, 0.05) is 30.7 Å². The predicted molar refractivity (Wildman–Crippen MR) is 119 cm³/mol. The molecule has 0 aromatic carbocycles. The molecule has 2 aromatic heterocycles. The molecule has 2 aliphatic heterocycles. The third kappa shape index (κ3) is 4.76. The molecule has 1 amide bonds. The molecule has 174 valence electrons. The molecule has 3 N–H and O–H groups in total. The van der Waals surface area contributed by atoms with Crippen LogP contribution < -0.4 is 10.9 Å². The number of allylic oxidation sites excluding steroid dienone is 1. The number of fused-ring (bicyclic) bond motifs is 3. The fourth-order valence-electron chi connectivity index (χ4n) is 4.01. The van der Waals surface area contributed by atoms with Crippen LogP contribution in [0.4, 0.5) is 4.39 Å². The Balaban J connectivity index is 1.67. The molecule has 0 saturated carbocycles. The number of carbonyl (C=O) groups is 2. The van der Waals surface area contributed by atoms with Crippen LogP contribution in [0.1, 0.15) is 43.9 Å². The van der Waals surface area contributed by atoms with Crippen molar-refractivity contribution < 1.29 is 19.1 Å². The molecule has 2 aromatic rings. The summed E-state index contributed by atoms with van der Waals surface area (Å²) in [6.45, 7) is 2.31. The van der Waals surface area contributed by atoms with Gasteiger partial charge in [0.05, 0.1) is 40.8 Å². The van der Waals surface area contributed by atoms with Crippen molar-refractivity contribution in [2.45, 2.75) is 45.3 Å². The van der Waals surface area contributed by atoms with Crippen molar-refractivity contribution in [2.24, 2.45) is 0 Å². The van der Waals surface area contributed by atoms with Crippen molar-refractivity contribution in [2.75, 3.05) is 6.54 Å². The van der Waals surface area contributed by atoms with Crippen LogP contribution in [0.2, 0.25) is 5.02 Å². The van der Waals surface area contributed by atoms with Crippen LogP contribution in [0.3, 0.4) is 0 Å². The minimum Gasteiger partial charge on any atom is -0.504 e. The fourth-order valence-corrected chi connectivity index (χ4v) is 4.15. The summed E-state index contributed by atoms with van der Waals surface area (Å²) in [5, 5.41) is 15.2. The molecule has 0 radical (unpaired) electrons. The average Bonchev–Trinajstić information content (AvgIpc) is 3.24. The molecule has 1 unspecified atom stereocenters. The zero-order chi connectivity index (χ0) is 23.5. The smallest absolute Gasteiger partial charge is 0.254 e. The molecule has 11 heteroatoms. The summed E-state index contributed by atoms with van der Waals surface area (Å²) in [4.78, 5) is 31.9. The lowest BCUT2D eigenvalue weighted by Gasteiger charge is -2.34. The van der Waals surface area contributed by atoms with Crippen LogP contribution >= 0.6 is 11.6 Å². The number of nitrogens with zero attached hydrogens (tertiary/aromatic N) is 4. The first-order chi connectivity index (χ1) is 15.9. The van der Waals surface area contributed by atoms with E-state index in [0.717, 1.165) is 12.8 Å². The minimum atomic E-state index is -0.696. The molecule has 1 atom stereocenters. The van der Waals surface area contributed by atoms with E-state index in [2.05, 4.69) is 20.9 Å². The van der Waals surface area contributed by atoms with E-state index in [-0.39, 0.29) is 40.5 Å². The Hall–Kier alpha value is -3.24. The van der Waals surface area contributed by atoms with Crippen molar-refractivity contribution >= 4 is 28.9 Å². The number of hydrazine groups is 1. The Morgan fingerprint density at radius 1 is 1.30 bits per heavy atom. The Labute approximate surface area is 194 Å². The zero-order valence-corrected chi connectivity index (χ0v) is 18.8. The maximum absolute atomic E-state index is 14.1. The molecule has 0 aliphatic carbocycles. The summed E-state index contributed by atoms with van der Waals surface area (Å²) in [6, 6.07) is 1.17. The number of hydrogen-bond donors (Lipinski definition) is 3. The standard InChI is InChI=1S/C22H24ClFN6O3/c1-2-30-19-6-4-3-5-15(22(30)33)20(31)21(32)16(10-26-28-19)13-8-27-29(11-13)12-18-17(24)7-14(23)9-25-18/h7-11,19,26,28,31H,2-6,12H2,1H3/b16-10-,20-15-. The number of ketones is 1.